The number of carboxylic acid groups (broad SMARTS) is 1. The van der Waals surface area contributed by atoms with Gasteiger partial charge in [-0.25, -0.2) is 14.0 Å². The van der Waals surface area contributed by atoms with Gasteiger partial charge in [0, 0.05) is 18.3 Å². The Bertz CT molecular complexity index is 1270. The number of rotatable bonds is 8. The summed E-state index contributed by atoms with van der Waals surface area (Å²) in [6, 6.07) is 12.8. The van der Waals surface area contributed by atoms with Gasteiger partial charge in [0.25, 0.3) is 5.91 Å². The Morgan fingerprint density at radius 2 is 1.86 bits per heavy atom. The summed E-state index contributed by atoms with van der Waals surface area (Å²) in [5.74, 6) is -2.03. The lowest BCUT2D eigenvalue weighted by Crippen LogP contribution is -2.32. The zero-order valence-corrected chi connectivity index (χ0v) is 20.0. The Morgan fingerprint density at radius 1 is 1.08 bits per heavy atom. The number of carbonyl (C=O) groups is 3. The molecule has 1 heterocycles. The van der Waals surface area contributed by atoms with Crippen LogP contribution in [-0.2, 0) is 16.1 Å². The lowest BCUT2D eigenvalue weighted by Gasteiger charge is -2.20. The van der Waals surface area contributed by atoms with E-state index >= 15 is 0 Å². The van der Waals surface area contributed by atoms with Gasteiger partial charge < -0.3 is 25.2 Å². The van der Waals surface area contributed by atoms with Gasteiger partial charge in [-0.2, -0.15) is 0 Å². The first-order valence-corrected chi connectivity index (χ1v) is 11.0. The van der Waals surface area contributed by atoms with E-state index in [2.05, 4.69) is 15.6 Å². The van der Waals surface area contributed by atoms with E-state index in [4.69, 9.17) is 14.6 Å². The van der Waals surface area contributed by atoms with E-state index in [1.807, 2.05) is 0 Å². The van der Waals surface area contributed by atoms with Gasteiger partial charge in [-0.3, -0.25) is 9.78 Å². The SMILES string of the molecule is CC(C)(C)OC(=O)NCc1ccc(C(=O)Nc2ccncc2F)cc1-c1cccc(OCC(=O)O)c1. The van der Waals surface area contributed by atoms with Crippen LogP contribution in [-0.4, -0.2) is 40.3 Å². The molecule has 0 fully saturated rings. The molecule has 3 aromatic rings. The fourth-order valence-corrected chi connectivity index (χ4v) is 3.19. The number of nitrogens with one attached hydrogen (secondary N) is 2. The molecule has 0 aliphatic heterocycles. The summed E-state index contributed by atoms with van der Waals surface area (Å²) in [7, 11) is 0. The minimum Gasteiger partial charge on any atom is -0.482 e. The van der Waals surface area contributed by atoms with Crippen LogP contribution in [0.1, 0.15) is 36.7 Å². The van der Waals surface area contributed by atoms with Gasteiger partial charge in [-0.1, -0.05) is 18.2 Å². The molecule has 0 atom stereocenters. The van der Waals surface area contributed by atoms with Crippen LogP contribution < -0.4 is 15.4 Å². The topological polar surface area (TPSA) is 127 Å². The van der Waals surface area contributed by atoms with Crippen LogP contribution in [0.3, 0.4) is 0 Å². The average molecular weight is 496 g/mol. The van der Waals surface area contributed by atoms with Crippen molar-refractivity contribution < 1.29 is 33.4 Å². The maximum atomic E-state index is 14.0. The van der Waals surface area contributed by atoms with E-state index in [9.17, 15) is 18.8 Å². The number of hydrogen-bond donors (Lipinski definition) is 3. The molecular formula is C26H26FN3O6. The average Bonchev–Trinajstić information content (AvgIpc) is 2.82. The van der Waals surface area contributed by atoms with Gasteiger partial charge in [-0.15, -0.1) is 0 Å². The molecule has 0 spiro atoms. The number of aliphatic carboxylic acids is 1. The summed E-state index contributed by atoms with van der Waals surface area (Å²) in [4.78, 5) is 39.6. The number of amides is 2. The summed E-state index contributed by atoms with van der Waals surface area (Å²) in [6.07, 6.45) is 1.75. The van der Waals surface area contributed by atoms with Gasteiger partial charge in [0.05, 0.1) is 11.9 Å². The lowest BCUT2D eigenvalue weighted by atomic mass is 9.96. The summed E-state index contributed by atoms with van der Waals surface area (Å²) < 4.78 is 24.5. The van der Waals surface area contributed by atoms with Crippen LogP contribution in [0, 0.1) is 5.82 Å². The standard InChI is InChI=1S/C26H26FN3O6/c1-26(2,3)36-25(34)29-13-18-8-7-17(24(33)30-22-9-10-28-14-21(22)27)12-20(18)16-5-4-6-19(11-16)35-15-23(31)32/h4-12,14H,13,15H2,1-3H3,(H,29,34)(H,31,32)(H,28,30,33). The molecule has 0 bridgehead atoms. The fraction of sp³-hybridized carbons (Fsp3) is 0.231. The van der Waals surface area contributed by atoms with Crippen molar-refractivity contribution in [2.24, 2.45) is 0 Å². The summed E-state index contributed by atoms with van der Waals surface area (Å²) in [6.45, 7) is 4.82. The van der Waals surface area contributed by atoms with E-state index in [0.29, 0.717) is 22.4 Å². The van der Waals surface area contributed by atoms with Crippen molar-refractivity contribution in [2.45, 2.75) is 32.9 Å². The molecule has 0 unspecified atom stereocenters. The molecule has 2 amide bonds. The van der Waals surface area contributed by atoms with Gasteiger partial charge in [0.1, 0.15) is 11.4 Å². The zero-order chi connectivity index (χ0) is 26.3. The third-order valence-corrected chi connectivity index (χ3v) is 4.72. The number of pyridine rings is 1. The predicted octanol–water partition coefficient (Wildman–Crippen LogP) is 4.63. The Labute approximate surface area is 207 Å². The zero-order valence-electron chi connectivity index (χ0n) is 20.0. The van der Waals surface area contributed by atoms with Gasteiger partial charge in [-0.05, 0) is 67.8 Å². The molecule has 2 aromatic carbocycles. The van der Waals surface area contributed by atoms with Crippen molar-refractivity contribution in [3.8, 4) is 16.9 Å². The summed E-state index contributed by atoms with van der Waals surface area (Å²) in [5, 5.41) is 14.1. The highest BCUT2D eigenvalue weighted by molar-refractivity contribution is 6.05. The van der Waals surface area contributed by atoms with Crippen molar-refractivity contribution in [2.75, 3.05) is 11.9 Å². The second kappa shape index (κ2) is 11.3. The third kappa shape index (κ3) is 7.52. The van der Waals surface area contributed by atoms with Crippen molar-refractivity contribution in [1.82, 2.24) is 10.3 Å². The van der Waals surface area contributed by atoms with Crippen LogP contribution in [0.5, 0.6) is 5.75 Å². The maximum Gasteiger partial charge on any atom is 0.407 e. The number of ether oxygens (including phenoxy) is 2. The number of hydrogen-bond acceptors (Lipinski definition) is 6. The van der Waals surface area contributed by atoms with Crippen LogP contribution in [0.4, 0.5) is 14.9 Å². The molecule has 0 saturated heterocycles. The van der Waals surface area contributed by atoms with Crippen molar-refractivity contribution in [1.29, 1.82) is 0 Å². The Hall–Kier alpha value is -4.47. The monoisotopic (exact) mass is 495 g/mol. The van der Waals surface area contributed by atoms with Crippen molar-refractivity contribution >= 4 is 23.7 Å². The molecule has 10 heteroatoms. The normalized spacial score (nSPS) is 10.9. The molecule has 36 heavy (non-hydrogen) atoms. The predicted molar refractivity (Wildman–Crippen MR) is 130 cm³/mol. The fourth-order valence-electron chi connectivity index (χ4n) is 3.19. The summed E-state index contributed by atoms with van der Waals surface area (Å²) >= 11 is 0. The minimum absolute atomic E-state index is 0.0173. The molecule has 1 aromatic heterocycles. The van der Waals surface area contributed by atoms with E-state index in [1.54, 1.807) is 63.2 Å². The Kier molecular flexibility index (Phi) is 8.21. The first kappa shape index (κ1) is 26.1. The second-order valence-corrected chi connectivity index (χ2v) is 8.75. The highest BCUT2D eigenvalue weighted by Crippen LogP contribution is 2.29. The van der Waals surface area contributed by atoms with Crippen LogP contribution in [0.2, 0.25) is 0 Å². The van der Waals surface area contributed by atoms with Gasteiger partial charge in [0.2, 0.25) is 0 Å². The number of nitrogens with zero attached hydrogens (tertiary/aromatic N) is 1. The number of halogens is 1. The first-order chi connectivity index (χ1) is 17.0. The minimum atomic E-state index is -1.12. The molecule has 9 nitrogen and oxygen atoms in total. The molecule has 0 radical (unpaired) electrons. The number of carboxylic acids is 1. The molecule has 3 N–H and O–H groups in total. The van der Waals surface area contributed by atoms with Crippen LogP contribution in [0.15, 0.2) is 60.9 Å². The lowest BCUT2D eigenvalue weighted by molar-refractivity contribution is -0.139. The van der Waals surface area contributed by atoms with Crippen molar-refractivity contribution in [3.63, 3.8) is 0 Å². The quantitative estimate of drug-likeness (QED) is 0.416. The van der Waals surface area contributed by atoms with E-state index < -0.39 is 36.0 Å². The first-order valence-electron chi connectivity index (χ1n) is 11.0. The third-order valence-electron chi connectivity index (χ3n) is 4.72. The van der Waals surface area contributed by atoms with Crippen LogP contribution in [0.25, 0.3) is 11.1 Å². The number of carbonyl (C=O) groups excluding carboxylic acids is 2. The van der Waals surface area contributed by atoms with Crippen molar-refractivity contribution in [3.05, 3.63) is 77.9 Å². The number of aromatic nitrogens is 1. The van der Waals surface area contributed by atoms with E-state index in [-0.39, 0.29) is 17.8 Å². The Balaban J connectivity index is 1.93. The molecule has 188 valence electrons. The largest absolute Gasteiger partial charge is 0.482 e. The molecule has 0 aliphatic rings. The summed E-state index contributed by atoms with van der Waals surface area (Å²) in [5.41, 5.74) is 1.39. The second-order valence-electron chi connectivity index (χ2n) is 8.75. The highest BCUT2D eigenvalue weighted by Gasteiger charge is 2.18. The van der Waals surface area contributed by atoms with E-state index in [1.165, 1.54) is 12.3 Å². The van der Waals surface area contributed by atoms with Crippen LogP contribution >= 0.6 is 0 Å². The molecule has 0 saturated carbocycles. The molecule has 3 rings (SSSR count). The Morgan fingerprint density at radius 3 is 2.56 bits per heavy atom. The number of anilines is 1. The number of benzene rings is 2. The van der Waals surface area contributed by atoms with Gasteiger partial charge >= 0.3 is 12.1 Å². The van der Waals surface area contributed by atoms with E-state index in [0.717, 1.165) is 6.20 Å². The smallest absolute Gasteiger partial charge is 0.407 e. The maximum absolute atomic E-state index is 14.0. The highest BCUT2D eigenvalue weighted by atomic mass is 19.1. The number of alkyl carbamates (subject to hydrolysis) is 1. The van der Waals surface area contributed by atoms with Gasteiger partial charge in [0.15, 0.2) is 12.4 Å². The molecular weight excluding hydrogens is 469 g/mol. The molecule has 0 aliphatic carbocycles.